The van der Waals surface area contributed by atoms with Crippen molar-refractivity contribution in [3.8, 4) is 0 Å². The molecule has 0 aliphatic carbocycles. The van der Waals surface area contributed by atoms with E-state index in [0.717, 1.165) is 0 Å². The first-order chi connectivity index (χ1) is 5.02. The van der Waals surface area contributed by atoms with Crippen LogP contribution in [0.5, 0.6) is 0 Å². The van der Waals surface area contributed by atoms with Crippen molar-refractivity contribution in [3.63, 3.8) is 0 Å². The molecule has 0 aromatic carbocycles. The Morgan fingerprint density at radius 1 is 1.45 bits per heavy atom. The maximum absolute atomic E-state index is 11.9. The number of hydrogen-bond acceptors (Lipinski definition) is 3. The summed E-state index contributed by atoms with van der Waals surface area (Å²) in [5.41, 5.74) is 0. The van der Waals surface area contributed by atoms with Crippen LogP contribution in [-0.4, -0.2) is 19.4 Å². The third-order valence-electron chi connectivity index (χ3n) is 0.617. The predicted molar refractivity (Wildman–Crippen MR) is 24.7 cm³/mol. The summed E-state index contributed by atoms with van der Waals surface area (Å²) in [6.45, 7) is -1.53. The lowest BCUT2D eigenvalue weighted by atomic mass is 10.9. The van der Waals surface area contributed by atoms with Gasteiger partial charge < -0.3 is 4.74 Å². The maximum Gasteiger partial charge on any atom is 0.520 e. The Hall–Kier alpha value is -0.400. The monoisotopic (exact) mass is 178 g/mol. The molecule has 0 amide bonds. The topological polar surface area (TPSA) is 27.7 Å². The Morgan fingerprint density at radius 3 is 2.36 bits per heavy atom. The average Bonchev–Trinajstić information content (AvgIpc) is 1.87. The van der Waals surface area contributed by atoms with Crippen molar-refractivity contribution in [1.82, 2.24) is 0 Å². The lowest BCUT2D eigenvalue weighted by molar-refractivity contribution is -0.503. The largest absolute Gasteiger partial charge is 0.520 e. The van der Waals surface area contributed by atoms with Crippen LogP contribution in [0.3, 0.4) is 0 Å². The van der Waals surface area contributed by atoms with Gasteiger partial charge in [0.15, 0.2) is 0 Å². The van der Waals surface area contributed by atoms with Crippen LogP contribution in [0.15, 0.2) is 0 Å². The first kappa shape index (κ1) is 10.6. The van der Waals surface area contributed by atoms with E-state index in [1.165, 1.54) is 6.92 Å². The zero-order chi connectivity index (χ0) is 8.91. The molecular formula is C4H6F4O3. The molecular weight excluding hydrogens is 172 g/mol. The highest BCUT2D eigenvalue weighted by Gasteiger charge is 2.37. The van der Waals surface area contributed by atoms with Gasteiger partial charge in [-0.2, -0.15) is 4.39 Å². The van der Waals surface area contributed by atoms with Gasteiger partial charge in [-0.15, -0.1) is 8.78 Å². The van der Waals surface area contributed by atoms with Gasteiger partial charge in [0, 0.05) is 6.61 Å². The van der Waals surface area contributed by atoms with Crippen LogP contribution in [0.2, 0.25) is 0 Å². The van der Waals surface area contributed by atoms with Crippen molar-refractivity contribution < 1.29 is 32.1 Å². The van der Waals surface area contributed by atoms with E-state index >= 15 is 0 Å². The fraction of sp³-hybridized carbons (Fsp3) is 1.00. The minimum absolute atomic E-state index is 0.177. The molecule has 1 atom stereocenters. The lowest BCUT2D eigenvalue weighted by Crippen LogP contribution is -2.27. The molecule has 68 valence electrons. The zero-order valence-corrected chi connectivity index (χ0v) is 5.52. The molecule has 0 saturated carbocycles. The standard InChI is InChI=1S/C4H6F4O3/c1-2-9-3(5)10-4(6,7)11-8/h3H,2H2,1H3. The summed E-state index contributed by atoms with van der Waals surface area (Å²) in [6, 6.07) is 0. The fourth-order valence-corrected chi connectivity index (χ4v) is 0.291. The molecule has 7 heteroatoms. The number of hydrogen-bond donors (Lipinski definition) is 0. The van der Waals surface area contributed by atoms with Gasteiger partial charge in [-0.3, -0.25) is 0 Å². The SMILES string of the molecule is CCOC(F)OC(F)(F)OF. The molecule has 0 aromatic heterocycles. The minimum atomic E-state index is -4.60. The molecule has 3 nitrogen and oxygen atoms in total. The van der Waals surface area contributed by atoms with Crippen LogP contribution in [0, 0.1) is 0 Å². The fourth-order valence-electron chi connectivity index (χ4n) is 0.291. The Labute approximate surface area is 59.7 Å². The van der Waals surface area contributed by atoms with Crippen LogP contribution < -0.4 is 0 Å². The third kappa shape index (κ3) is 4.93. The highest BCUT2D eigenvalue weighted by Crippen LogP contribution is 2.20. The molecule has 1 unspecified atom stereocenters. The second-order valence-corrected chi connectivity index (χ2v) is 1.39. The summed E-state index contributed by atoms with van der Waals surface area (Å²) in [4.78, 5) is 1.98. The van der Waals surface area contributed by atoms with Gasteiger partial charge in [-0.05, 0) is 11.4 Å². The van der Waals surface area contributed by atoms with Crippen molar-refractivity contribution >= 4 is 0 Å². The van der Waals surface area contributed by atoms with Gasteiger partial charge in [0.25, 0.3) is 0 Å². The third-order valence-corrected chi connectivity index (χ3v) is 0.617. The van der Waals surface area contributed by atoms with Crippen molar-refractivity contribution in [2.45, 2.75) is 19.8 Å². The molecule has 0 rings (SSSR count). The second-order valence-electron chi connectivity index (χ2n) is 1.39. The van der Waals surface area contributed by atoms with Crippen molar-refractivity contribution in [2.75, 3.05) is 6.61 Å². The number of alkyl halides is 3. The van der Waals surface area contributed by atoms with Gasteiger partial charge in [0.1, 0.15) is 0 Å². The van der Waals surface area contributed by atoms with Crippen molar-refractivity contribution in [3.05, 3.63) is 0 Å². The Kier molecular flexibility index (Phi) is 4.31. The van der Waals surface area contributed by atoms with E-state index in [-0.39, 0.29) is 6.61 Å². The van der Waals surface area contributed by atoms with Gasteiger partial charge in [0.05, 0.1) is 0 Å². The summed E-state index contributed by atoms with van der Waals surface area (Å²) in [7, 11) is 0. The highest BCUT2D eigenvalue weighted by molar-refractivity contribution is 4.27. The molecule has 0 heterocycles. The first-order valence-electron chi connectivity index (χ1n) is 2.63. The normalized spacial score (nSPS) is 15.0. The van der Waals surface area contributed by atoms with E-state index in [2.05, 4.69) is 9.47 Å². The Bertz CT molecular complexity index is 110. The molecule has 0 N–H and O–H groups in total. The quantitative estimate of drug-likeness (QED) is 0.474. The molecule has 0 aliphatic rings. The average molecular weight is 178 g/mol. The maximum atomic E-state index is 11.9. The Balaban J connectivity index is 3.64. The van der Waals surface area contributed by atoms with Crippen molar-refractivity contribution in [2.24, 2.45) is 0 Å². The smallest absolute Gasteiger partial charge is 0.327 e. The molecule has 0 fully saturated rings. The summed E-state index contributed by atoms with van der Waals surface area (Å²) >= 11 is 0. The molecule has 0 bridgehead atoms. The van der Waals surface area contributed by atoms with E-state index in [9.17, 15) is 17.7 Å². The molecule has 0 spiro atoms. The second kappa shape index (κ2) is 4.47. The van der Waals surface area contributed by atoms with Crippen LogP contribution >= 0.6 is 0 Å². The van der Waals surface area contributed by atoms with Gasteiger partial charge in [0.2, 0.25) is 0 Å². The number of ether oxygens (including phenoxy) is 2. The lowest BCUT2D eigenvalue weighted by Gasteiger charge is -2.13. The summed E-state index contributed by atoms with van der Waals surface area (Å²) in [5, 5.41) is 0. The van der Waals surface area contributed by atoms with Crippen LogP contribution in [0.25, 0.3) is 0 Å². The van der Waals surface area contributed by atoms with Crippen molar-refractivity contribution in [1.29, 1.82) is 0 Å². The summed E-state index contributed by atoms with van der Waals surface area (Å²) in [5.74, 6) is 0. The van der Waals surface area contributed by atoms with E-state index in [1.54, 1.807) is 0 Å². The first-order valence-corrected chi connectivity index (χ1v) is 2.63. The molecule has 11 heavy (non-hydrogen) atoms. The molecule has 0 aromatic rings. The van der Waals surface area contributed by atoms with Gasteiger partial charge in [-0.1, -0.05) is 4.94 Å². The van der Waals surface area contributed by atoms with E-state index in [4.69, 9.17) is 0 Å². The molecule has 0 saturated heterocycles. The molecule has 0 aliphatic heterocycles. The minimum Gasteiger partial charge on any atom is -0.327 e. The van der Waals surface area contributed by atoms with Gasteiger partial charge in [-0.25, -0.2) is 4.74 Å². The van der Waals surface area contributed by atoms with Crippen LogP contribution in [0.4, 0.5) is 17.7 Å². The zero-order valence-electron chi connectivity index (χ0n) is 5.52. The predicted octanol–water partition coefficient (Wildman–Crippen LogP) is 1.74. The van der Waals surface area contributed by atoms with Crippen LogP contribution in [-0.2, 0) is 14.4 Å². The van der Waals surface area contributed by atoms with Gasteiger partial charge >= 0.3 is 12.8 Å². The molecule has 0 radical (unpaired) electrons. The van der Waals surface area contributed by atoms with E-state index < -0.39 is 12.8 Å². The Morgan fingerprint density at radius 2 is 2.00 bits per heavy atom. The van der Waals surface area contributed by atoms with E-state index in [1.807, 2.05) is 4.94 Å². The van der Waals surface area contributed by atoms with Crippen LogP contribution in [0.1, 0.15) is 6.92 Å². The van der Waals surface area contributed by atoms with E-state index in [0.29, 0.717) is 0 Å². The summed E-state index contributed by atoms with van der Waals surface area (Å²) in [6.07, 6.45) is -4.60. The summed E-state index contributed by atoms with van der Waals surface area (Å²) < 4.78 is 52.7. The number of halogens is 4. The highest BCUT2D eigenvalue weighted by atomic mass is 19.4. The number of rotatable bonds is 5.